The Labute approximate surface area is 109 Å². The molecule has 0 radical (unpaired) electrons. The molecule has 1 N–H and O–H groups in total. The van der Waals surface area contributed by atoms with Gasteiger partial charge in [0.05, 0.1) is 17.8 Å². The lowest BCUT2D eigenvalue weighted by Gasteiger charge is -2.29. The van der Waals surface area contributed by atoms with Gasteiger partial charge in [0.1, 0.15) is 5.82 Å². The zero-order valence-electron chi connectivity index (χ0n) is 11.6. The summed E-state index contributed by atoms with van der Waals surface area (Å²) < 4.78 is 8.02. The maximum absolute atomic E-state index is 5.86. The first kappa shape index (κ1) is 12.0. The van der Waals surface area contributed by atoms with Crippen molar-refractivity contribution in [1.82, 2.24) is 9.78 Å². The topological polar surface area (TPSA) is 39.1 Å². The summed E-state index contributed by atoms with van der Waals surface area (Å²) >= 11 is 0. The van der Waals surface area contributed by atoms with Crippen molar-refractivity contribution in [2.24, 2.45) is 0 Å². The molecule has 3 rings (SSSR count). The van der Waals surface area contributed by atoms with Crippen molar-refractivity contribution in [1.29, 1.82) is 0 Å². The molecule has 18 heavy (non-hydrogen) atoms. The molecule has 1 aromatic rings. The number of ether oxygens (including phenoxy) is 1. The SMILES string of the molecule is CC(C)(C)c1cc2n(n1)C(C1CCCO1)CCN2. The van der Waals surface area contributed by atoms with Crippen LogP contribution in [0.2, 0.25) is 0 Å². The lowest BCUT2D eigenvalue weighted by molar-refractivity contribution is 0.0589. The second-order valence-electron chi connectivity index (χ2n) is 6.44. The minimum Gasteiger partial charge on any atom is -0.376 e. The Balaban J connectivity index is 1.92. The summed E-state index contributed by atoms with van der Waals surface area (Å²) in [6.07, 6.45) is 3.84. The fraction of sp³-hybridized carbons (Fsp3) is 0.786. The first-order valence-corrected chi connectivity index (χ1v) is 7.01. The molecule has 3 heterocycles. The average molecular weight is 249 g/mol. The number of hydrogen-bond acceptors (Lipinski definition) is 3. The van der Waals surface area contributed by atoms with Crippen LogP contribution in [0.4, 0.5) is 5.82 Å². The van der Waals surface area contributed by atoms with E-state index < -0.39 is 0 Å². The maximum atomic E-state index is 5.86. The quantitative estimate of drug-likeness (QED) is 0.831. The monoisotopic (exact) mass is 249 g/mol. The maximum Gasteiger partial charge on any atom is 0.124 e. The van der Waals surface area contributed by atoms with Crippen molar-refractivity contribution >= 4 is 5.82 Å². The van der Waals surface area contributed by atoms with Crippen molar-refractivity contribution in [2.45, 2.75) is 57.6 Å². The molecule has 4 heteroatoms. The van der Waals surface area contributed by atoms with Gasteiger partial charge in [-0.05, 0) is 19.3 Å². The number of anilines is 1. The summed E-state index contributed by atoms with van der Waals surface area (Å²) in [5.41, 5.74) is 1.27. The van der Waals surface area contributed by atoms with Crippen LogP contribution in [0, 0.1) is 0 Å². The summed E-state index contributed by atoms with van der Waals surface area (Å²) in [4.78, 5) is 0. The highest BCUT2D eigenvalue weighted by Gasteiger charge is 2.33. The van der Waals surface area contributed by atoms with Crippen LogP contribution in [0.25, 0.3) is 0 Å². The molecule has 2 aliphatic heterocycles. The fourth-order valence-corrected chi connectivity index (χ4v) is 2.87. The van der Waals surface area contributed by atoms with Gasteiger partial charge in [0.25, 0.3) is 0 Å². The van der Waals surface area contributed by atoms with Crippen molar-refractivity contribution in [3.63, 3.8) is 0 Å². The smallest absolute Gasteiger partial charge is 0.124 e. The molecule has 1 saturated heterocycles. The van der Waals surface area contributed by atoms with E-state index >= 15 is 0 Å². The van der Waals surface area contributed by atoms with Crippen LogP contribution in [0.5, 0.6) is 0 Å². The molecule has 0 saturated carbocycles. The summed E-state index contributed by atoms with van der Waals surface area (Å²) in [7, 11) is 0. The lowest BCUT2D eigenvalue weighted by Crippen LogP contribution is -2.32. The highest BCUT2D eigenvalue weighted by atomic mass is 16.5. The number of hydrogen-bond donors (Lipinski definition) is 1. The summed E-state index contributed by atoms with van der Waals surface area (Å²) in [6.45, 7) is 8.57. The van der Waals surface area contributed by atoms with Crippen molar-refractivity contribution < 1.29 is 4.74 Å². The number of fused-ring (bicyclic) bond motifs is 1. The number of nitrogens with one attached hydrogen (secondary N) is 1. The molecule has 100 valence electrons. The Morgan fingerprint density at radius 1 is 1.39 bits per heavy atom. The standard InChI is InChI=1S/C14H23N3O/c1-14(2,3)12-9-13-15-7-6-10(17(13)16-12)11-5-4-8-18-11/h9-11,15H,4-8H2,1-3H3. The van der Waals surface area contributed by atoms with Gasteiger partial charge in [-0.15, -0.1) is 0 Å². The normalized spacial score (nSPS) is 27.9. The molecule has 1 fully saturated rings. The Kier molecular flexibility index (Phi) is 2.85. The van der Waals surface area contributed by atoms with Crippen LogP contribution < -0.4 is 5.32 Å². The molecule has 4 nitrogen and oxygen atoms in total. The van der Waals surface area contributed by atoms with Crippen LogP contribution >= 0.6 is 0 Å². The van der Waals surface area contributed by atoms with Gasteiger partial charge < -0.3 is 10.1 Å². The van der Waals surface area contributed by atoms with E-state index in [-0.39, 0.29) is 5.41 Å². The molecule has 2 atom stereocenters. The Hall–Kier alpha value is -1.03. The molecule has 0 bridgehead atoms. The summed E-state index contributed by atoms with van der Waals surface area (Å²) in [5, 5.41) is 8.28. The highest BCUT2D eigenvalue weighted by molar-refractivity contribution is 5.41. The molecule has 0 aliphatic carbocycles. The molecule has 0 amide bonds. The minimum absolute atomic E-state index is 0.104. The van der Waals surface area contributed by atoms with Gasteiger partial charge in [-0.2, -0.15) is 5.10 Å². The molecular weight excluding hydrogens is 226 g/mol. The Morgan fingerprint density at radius 3 is 2.89 bits per heavy atom. The van der Waals surface area contributed by atoms with Gasteiger partial charge >= 0.3 is 0 Å². The number of aromatic nitrogens is 2. The summed E-state index contributed by atoms with van der Waals surface area (Å²) in [6, 6.07) is 2.61. The van der Waals surface area contributed by atoms with Crippen molar-refractivity contribution in [2.75, 3.05) is 18.5 Å². The first-order valence-electron chi connectivity index (χ1n) is 7.01. The molecule has 2 unspecified atom stereocenters. The van der Waals surface area contributed by atoms with Crippen LogP contribution in [-0.4, -0.2) is 29.0 Å². The van der Waals surface area contributed by atoms with E-state index in [0.29, 0.717) is 12.1 Å². The second-order valence-corrected chi connectivity index (χ2v) is 6.44. The van der Waals surface area contributed by atoms with Gasteiger partial charge in [0, 0.05) is 24.6 Å². The van der Waals surface area contributed by atoms with E-state index in [4.69, 9.17) is 9.84 Å². The molecule has 0 aromatic carbocycles. The molecule has 0 spiro atoms. The molecule has 1 aromatic heterocycles. The fourth-order valence-electron chi connectivity index (χ4n) is 2.87. The zero-order chi connectivity index (χ0) is 12.8. The predicted octanol–water partition coefficient (Wildman–Crippen LogP) is 2.72. The van der Waals surface area contributed by atoms with Crippen LogP contribution in [-0.2, 0) is 10.2 Å². The van der Waals surface area contributed by atoms with Crippen molar-refractivity contribution in [3.05, 3.63) is 11.8 Å². The third kappa shape index (κ3) is 2.03. The number of nitrogens with zero attached hydrogens (tertiary/aromatic N) is 2. The third-order valence-electron chi connectivity index (χ3n) is 3.96. The molecule has 2 aliphatic rings. The van der Waals surface area contributed by atoms with Gasteiger partial charge in [0.15, 0.2) is 0 Å². The van der Waals surface area contributed by atoms with E-state index in [1.165, 1.54) is 12.8 Å². The predicted molar refractivity (Wildman–Crippen MR) is 72.0 cm³/mol. The second kappa shape index (κ2) is 4.26. The third-order valence-corrected chi connectivity index (χ3v) is 3.96. The van der Waals surface area contributed by atoms with E-state index in [1.54, 1.807) is 0 Å². The lowest BCUT2D eigenvalue weighted by atomic mass is 9.92. The van der Waals surface area contributed by atoms with E-state index in [2.05, 4.69) is 36.8 Å². The van der Waals surface area contributed by atoms with Gasteiger partial charge in [-0.1, -0.05) is 20.8 Å². The van der Waals surface area contributed by atoms with E-state index in [9.17, 15) is 0 Å². The number of rotatable bonds is 1. The van der Waals surface area contributed by atoms with E-state index in [1.807, 2.05) is 0 Å². The average Bonchev–Trinajstić information content (AvgIpc) is 2.96. The Bertz CT molecular complexity index is 427. The van der Waals surface area contributed by atoms with Gasteiger partial charge in [-0.25, -0.2) is 4.68 Å². The van der Waals surface area contributed by atoms with Crippen LogP contribution in [0.3, 0.4) is 0 Å². The van der Waals surface area contributed by atoms with Gasteiger partial charge in [-0.3, -0.25) is 0 Å². The van der Waals surface area contributed by atoms with Crippen LogP contribution in [0.1, 0.15) is 51.8 Å². The largest absolute Gasteiger partial charge is 0.376 e. The molecular formula is C14H23N3O. The zero-order valence-corrected chi connectivity index (χ0v) is 11.6. The first-order chi connectivity index (χ1) is 8.55. The highest BCUT2D eigenvalue weighted by Crippen LogP contribution is 2.34. The van der Waals surface area contributed by atoms with Crippen LogP contribution in [0.15, 0.2) is 6.07 Å². The van der Waals surface area contributed by atoms with Gasteiger partial charge in [0.2, 0.25) is 0 Å². The Morgan fingerprint density at radius 2 is 2.22 bits per heavy atom. The summed E-state index contributed by atoms with van der Waals surface area (Å²) in [5.74, 6) is 1.16. The van der Waals surface area contributed by atoms with E-state index in [0.717, 1.165) is 31.1 Å². The van der Waals surface area contributed by atoms with Crippen molar-refractivity contribution in [3.8, 4) is 0 Å². The minimum atomic E-state index is 0.104.